The van der Waals surface area contributed by atoms with Crippen molar-refractivity contribution in [3.05, 3.63) is 58.1 Å². The van der Waals surface area contributed by atoms with Gasteiger partial charge < -0.3 is 4.57 Å². The molecule has 3 rings (SSSR count). The van der Waals surface area contributed by atoms with Crippen LogP contribution < -0.4 is 0 Å². The zero-order chi connectivity index (χ0) is 15.7. The zero-order valence-electron chi connectivity index (χ0n) is 12.3. The second-order valence-electron chi connectivity index (χ2n) is 5.16. The number of aryl methyl sites for hydroxylation is 2. The molecule has 0 bridgehead atoms. The smallest absolute Gasteiger partial charge is 0.173 e. The van der Waals surface area contributed by atoms with Crippen molar-refractivity contribution < 1.29 is 4.79 Å². The molecule has 0 aliphatic heterocycles. The number of thioether (sulfide) groups is 1. The third kappa shape index (κ3) is 3.10. The van der Waals surface area contributed by atoms with E-state index in [1.807, 2.05) is 35.9 Å². The Morgan fingerprint density at radius 3 is 2.68 bits per heavy atom. The van der Waals surface area contributed by atoms with Gasteiger partial charge in [0, 0.05) is 17.1 Å². The lowest BCUT2D eigenvalue weighted by molar-refractivity contribution is 0.102. The van der Waals surface area contributed by atoms with Crippen LogP contribution in [0.3, 0.4) is 0 Å². The summed E-state index contributed by atoms with van der Waals surface area (Å²) in [5.74, 6) is 0.498. The highest BCUT2D eigenvalue weighted by molar-refractivity contribution is 9.10. The molecular weight excluding hydrogens is 360 g/mol. The summed E-state index contributed by atoms with van der Waals surface area (Å²) < 4.78 is 3.01. The van der Waals surface area contributed by atoms with E-state index in [2.05, 4.69) is 46.0 Å². The highest BCUT2D eigenvalue weighted by atomic mass is 79.9. The van der Waals surface area contributed by atoms with Crippen LogP contribution in [0, 0.1) is 6.92 Å². The van der Waals surface area contributed by atoms with Crippen LogP contribution >= 0.6 is 27.7 Å². The van der Waals surface area contributed by atoms with E-state index in [4.69, 9.17) is 0 Å². The molecule has 0 aliphatic carbocycles. The molecule has 0 unspecified atom stereocenters. The van der Waals surface area contributed by atoms with Crippen LogP contribution in [0.4, 0.5) is 0 Å². The Labute approximate surface area is 141 Å². The molecule has 1 heterocycles. The summed E-state index contributed by atoms with van der Waals surface area (Å²) in [4.78, 5) is 16.9. The second-order valence-corrected chi connectivity index (χ2v) is 7.02. The number of ketones is 1. The van der Waals surface area contributed by atoms with Crippen LogP contribution in [-0.4, -0.2) is 21.1 Å². The zero-order valence-corrected chi connectivity index (χ0v) is 14.7. The number of hydrogen-bond donors (Lipinski definition) is 0. The molecule has 0 N–H and O–H groups in total. The number of halogens is 1. The van der Waals surface area contributed by atoms with Gasteiger partial charge in [0.25, 0.3) is 0 Å². The highest BCUT2D eigenvalue weighted by Crippen LogP contribution is 2.24. The third-order valence-electron chi connectivity index (χ3n) is 3.49. The number of carbonyl (C=O) groups is 1. The fourth-order valence-electron chi connectivity index (χ4n) is 2.27. The SMILES string of the molecule is Cc1ccc2c(c1)nc(SCC(=O)c1ccc(Br)cc1)n2C. The van der Waals surface area contributed by atoms with Gasteiger partial charge in [0.05, 0.1) is 16.8 Å². The maximum absolute atomic E-state index is 12.2. The van der Waals surface area contributed by atoms with Gasteiger partial charge in [0.15, 0.2) is 10.9 Å². The summed E-state index contributed by atoms with van der Waals surface area (Å²) in [7, 11) is 1.98. The van der Waals surface area contributed by atoms with Crippen LogP contribution in [0.2, 0.25) is 0 Å². The molecule has 0 aliphatic rings. The first-order valence-electron chi connectivity index (χ1n) is 6.89. The second kappa shape index (κ2) is 6.26. The Morgan fingerprint density at radius 1 is 1.23 bits per heavy atom. The van der Waals surface area contributed by atoms with Crippen LogP contribution in [0.15, 0.2) is 52.1 Å². The van der Waals surface area contributed by atoms with E-state index in [9.17, 15) is 4.79 Å². The molecule has 0 radical (unpaired) electrons. The molecule has 3 nitrogen and oxygen atoms in total. The van der Waals surface area contributed by atoms with Crippen molar-refractivity contribution >= 4 is 44.5 Å². The number of imidazole rings is 1. The summed E-state index contributed by atoms with van der Waals surface area (Å²) >= 11 is 4.85. The van der Waals surface area contributed by atoms with Crippen molar-refractivity contribution in [2.45, 2.75) is 12.1 Å². The van der Waals surface area contributed by atoms with Gasteiger partial charge in [-0.15, -0.1) is 0 Å². The average molecular weight is 375 g/mol. The van der Waals surface area contributed by atoms with Gasteiger partial charge in [0.2, 0.25) is 0 Å². The molecular formula is C17H15BrN2OS. The molecule has 1 aromatic heterocycles. The molecule has 0 atom stereocenters. The number of rotatable bonds is 4. The highest BCUT2D eigenvalue weighted by Gasteiger charge is 2.12. The minimum atomic E-state index is 0.112. The van der Waals surface area contributed by atoms with Gasteiger partial charge in [-0.3, -0.25) is 4.79 Å². The minimum absolute atomic E-state index is 0.112. The number of fused-ring (bicyclic) bond motifs is 1. The molecule has 5 heteroatoms. The van der Waals surface area contributed by atoms with E-state index in [1.165, 1.54) is 17.3 Å². The largest absolute Gasteiger partial charge is 0.322 e. The van der Waals surface area contributed by atoms with Crippen LogP contribution in [0.5, 0.6) is 0 Å². The summed E-state index contributed by atoms with van der Waals surface area (Å²) in [5.41, 5.74) is 3.98. The quantitative estimate of drug-likeness (QED) is 0.493. The van der Waals surface area contributed by atoms with Gasteiger partial charge in [-0.2, -0.15) is 0 Å². The van der Waals surface area contributed by atoms with Gasteiger partial charge in [-0.05, 0) is 36.8 Å². The van der Waals surface area contributed by atoms with Crippen LogP contribution in [-0.2, 0) is 7.05 Å². The first-order chi connectivity index (χ1) is 10.5. The maximum Gasteiger partial charge on any atom is 0.173 e. The van der Waals surface area contributed by atoms with Crippen LogP contribution in [0.1, 0.15) is 15.9 Å². The van der Waals surface area contributed by atoms with Crippen molar-refractivity contribution in [2.75, 3.05) is 5.75 Å². The Morgan fingerprint density at radius 2 is 1.95 bits per heavy atom. The van der Waals surface area contributed by atoms with Crippen molar-refractivity contribution in [1.82, 2.24) is 9.55 Å². The molecule has 2 aromatic carbocycles. The fourth-order valence-corrected chi connectivity index (χ4v) is 3.41. The predicted octanol–water partition coefficient (Wildman–Crippen LogP) is 4.62. The summed E-state index contributed by atoms with van der Waals surface area (Å²) in [6.45, 7) is 2.05. The number of carbonyl (C=O) groups excluding carboxylic acids is 1. The Bertz CT molecular complexity index is 840. The van der Waals surface area contributed by atoms with Crippen molar-refractivity contribution in [3.63, 3.8) is 0 Å². The fraction of sp³-hybridized carbons (Fsp3) is 0.176. The standard InChI is InChI=1S/C17H15BrN2OS/c1-11-3-8-15-14(9-11)19-17(20(15)2)22-10-16(21)12-4-6-13(18)7-5-12/h3-9H,10H2,1-2H3. The Kier molecular flexibility index (Phi) is 4.36. The lowest BCUT2D eigenvalue weighted by atomic mass is 10.2. The molecule has 0 fully saturated rings. The molecule has 0 saturated carbocycles. The molecule has 0 saturated heterocycles. The summed E-state index contributed by atoms with van der Waals surface area (Å²) in [6, 6.07) is 13.7. The third-order valence-corrected chi connectivity index (χ3v) is 5.05. The van der Waals surface area contributed by atoms with E-state index in [0.29, 0.717) is 5.75 Å². The Balaban J connectivity index is 1.77. The van der Waals surface area contributed by atoms with Gasteiger partial charge in [0.1, 0.15) is 0 Å². The first-order valence-corrected chi connectivity index (χ1v) is 8.67. The number of Topliss-reactive ketones (excluding diaryl/α,β-unsaturated/α-hetero) is 1. The lowest BCUT2D eigenvalue weighted by Crippen LogP contribution is -2.03. The molecule has 0 spiro atoms. The van der Waals surface area contributed by atoms with E-state index in [0.717, 1.165) is 26.2 Å². The van der Waals surface area contributed by atoms with Gasteiger partial charge in [-0.25, -0.2) is 4.98 Å². The number of benzene rings is 2. The molecule has 0 amide bonds. The van der Waals surface area contributed by atoms with Gasteiger partial charge >= 0.3 is 0 Å². The lowest BCUT2D eigenvalue weighted by Gasteiger charge is -2.02. The van der Waals surface area contributed by atoms with Crippen molar-refractivity contribution in [1.29, 1.82) is 0 Å². The monoisotopic (exact) mass is 374 g/mol. The number of nitrogens with zero attached hydrogens (tertiary/aromatic N) is 2. The minimum Gasteiger partial charge on any atom is -0.322 e. The summed E-state index contributed by atoms with van der Waals surface area (Å²) in [6.07, 6.45) is 0. The molecule has 22 heavy (non-hydrogen) atoms. The average Bonchev–Trinajstić information content (AvgIpc) is 2.81. The van der Waals surface area contributed by atoms with Crippen molar-refractivity contribution in [3.8, 4) is 0 Å². The Hall–Kier alpha value is -1.59. The van der Waals surface area contributed by atoms with Crippen LogP contribution in [0.25, 0.3) is 11.0 Å². The molecule has 112 valence electrons. The normalized spacial score (nSPS) is 11.0. The van der Waals surface area contributed by atoms with Crippen molar-refractivity contribution in [2.24, 2.45) is 7.05 Å². The topological polar surface area (TPSA) is 34.9 Å². The van der Waals surface area contributed by atoms with E-state index < -0.39 is 0 Å². The molecule has 3 aromatic rings. The maximum atomic E-state index is 12.2. The van der Waals surface area contributed by atoms with E-state index in [-0.39, 0.29) is 5.78 Å². The predicted molar refractivity (Wildman–Crippen MR) is 94.6 cm³/mol. The number of aromatic nitrogens is 2. The van der Waals surface area contributed by atoms with E-state index >= 15 is 0 Å². The summed E-state index contributed by atoms with van der Waals surface area (Å²) in [5, 5.41) is 0.867. The van der Waals surface area contributed by atoms with E-state index in [1.54, 1.807) is 0 Å². The first kappa shape index (κ1) is 15.3. The van der Waals surface area contributed by atoms with Gasteiger partial charge in [-0.1, -0.05) is 45.9 Å². The number of hydrogen-bond acceptors (Lipinski definition) is 3.